The fourth-order valence-corrected chi connectivity index (χ4v) is 4.89. The molecule has 0 amide bonds. The van der Waals surface area contributed by atoms with Gasteiger partial charge in [-0.3, -0.25) is 4.79 Å². The molecule has 0 aromatic heterocycles. The molecular weight excluding hydrogens is 367 g/mol. The molecule has 2 aromatic carbocycles. The molecule has 0 spiro atoms. The lowest BCUT2D eigenvalue weighted by Gasteiger charge is -2.34. The second kappa shape index (κ2) is 8.29. The molecule has 0 aliphatic carbocycles. The minimum absolute atomic E-state index is 0.0904. The van der Waals surface area contributed by atoms with Gasteiger partial charge in [0.2, 0.25) is 10.0 Å². The maximum atomic E-state index is 13.3. The van der Waals surface area contributed by atoms with Crippen LogP contribution in [-0.2, 0) is 10.0 Å². The third-order valence-corrected chi connectivity index (χ3v) is 6.90. The Morgan fingerprint density at radius 1 is 1.04 bits per heavy atom. The van der Waals surface area contributed by atoms with Gasteiger partial charge >= 0.3 is 0 Å². The van der Waals surface area contributed by atoms with Gasteiger partial charge in [0, 0.05) is 44.7 Å². The van der Waals surface area contributed by atoms with E-state index in [0.717, 1.165) is 0 Å². The summed E-state index contributed by atoms with van der Waals surface area (Å²) >= 11 is 0. The van der Waals surface area contributed by atoms with Crippen molar-refractivity contribution in [2.24, 2.45) is 0 Å². The second-order valence-corrected chi connectivity index (χ2v) is 8.60. The average molecular weight is 390 g/mol. The Balaban J connectivity index is 1.56. The Morgan fingerprint density at radius 2 is 1.70 bits per heavy atom. The number of benzene rings is 2. The monoisotopic (exact) mass is 390 g/mol. The SMILES string of the molecule is Cc1cc(F)ccc1S(=O)(=O)N1CCN(CCC(=O)c2ccccc2)CC1. The molecule has 5 nitrogen and oxygen atoms in total. The van der Waals surface area contributed by atoms with Gasteiger partial charge in [0.15, 0.2) is 5.78 Å². The van der Waals surface area contributed by atoms with Crippen molar-refractivity contribution < 1.29 is 17.6 Å². The molecule has 1 heterocycles. The maximum absolute atomic E-state index is 13.3. The molecule has 0 radical (unpaired) electrons. The Kier molecular flexibility index (Phi) is 6.04. The van der Waals surface area contributed by atoms with E-state index in [-0.39, 0.29) is 10.7 Å². The molecule has 1 aliphatic rings. The summed E-state index contributed by atoms with van der Waals surface area (Å²) in [5.41, 5.74) is 1.11. The molecular formula is C20H23FN2O3S. The third kappa shape index (κ3) is 4.61. The molecule has 1 aliphatic heterocycles. The van der Waals surface area contributed by atoms with Crippen LogP contribution < -0.4 is 0 Å². The topological polar surface area (TPSA) is 57.7 Å². The summed E-state index contributed by atoms with van der Waals surface area (Å²) in [7, 11) is -3.63. The van der Waals surface area contributed by atoms with Gasteiger partial charge in [0.25, 0.3) is 0 Å². The quantitative estimate of drug-likeness (QED) is 0.712. The number of ketones is 1. The van der Waals surface area contributed by atoms with Crippen LogP contribution >= 0.6 is 0 Å². The van der Waals surface area contributed by atoms with E-state index in [9.17, 15) is 17.6 Å². The standard InChI is InChI=1S/C20H23FN2O3S/c1-16-15-18(21)7-8-20(16)27(25,26)23-13-11-22(12-14-23)10-9-19(24)17-5-3-2-4-6-17/h2-8,15H,9-14H2,1H3. The lowest BCUT2D eigenvalue weighted by molar-refractivity contribution is 0.0952. The van der Waals surface area contributed by atoms with E-state index in [4.69, 9.17) is 0 Å². The molecule has 27 heavy (non-hydrogen) atoms. The molecule has 0 bridgehead atoms. The highest BCUT2D eigenvalue weighted by atomic mass is 32.2. The van der Waals surface area contributed by atoms with Gasteiger partial charge < -0.3 is 4.90 Å². The molecule has 0 atom stereocenters. The number of aryl methyl sites for hydroxylation is 1. The normalized spacial score (nSPS) is 16.4. The highest BCUT2D eigenvalue weighted by Gasteiger charge is 2.29. The number of carbonyl (C=O) groups excluding carboxylic acids is 1. The van der Waals surface area contributed by atoms with Crippen molar-refractivity contribution in [1.82, 2.24) is 9.21 Å². The predicted molar refractivity (Wildman–Crippen MR) is 102 cm³/mol. The fraction of sp³-hybridized carbons (Fsp3) is 0.350. The van der Waals surface area contributed by atoms with Gasteiger partial charge in [-0.25, -0.2) is 12.8 Å². The van der Waals surface area contributed by atoms with Crippen molar-refractivity contribution in [3.05, 3.63) is 65.5 Å². The summed E-state index contributed by atoms with van der Waals surface area (Å²) in [4.78, 5) is 14.4. The number of sulfonamides is 1. The zero-order chi connectivity index (χ0) is 19.4. The molecule has 7 heteroatoms. The number of Topliss-reactive ketones (excluding diaryl/α,β-unsaturated/α-hetero) is 1. The first-order valence-electron chi connectivity index (χ1n) is 8.95. The Hall–Kier alpha value is -2.09. The van der Waals surface area contributed by atoms with E-state index in [0.29, 0.717) is 50.3 Å². The summed E-state index contributed by atoms with van der Waals surface area (Å²) in [6, 6.07) is 12.9. The molecule has 2 aromatic rings. The summed E-state index contributed by atoms with van der Waals surface area (Å²) in [6.07, 6.45) is 0.411. The maximum Gasteiger partial charge on any atom is 0.243 e. The van der Waals surface area contributed by atoms with Gasteiger partial charge in [0.1, 0.15) is 5.82 Å². The van der Waals surface area contributed by atoms with E-state index in [1.54, 1.807) is 19.1 Å². The highest BCUT2D eigenvalue weighted by Crippen LogP contribution is 2.22. The first kappa shape index (κ1) is 19.7. The van der Waals surface area contributed by atoms with Gasteiger partial charge in [0.05, 0.1) is 4.90 Å². The first-order valence-corrected chi connectivity index (χ1v) is 10.4. The first-order chi connectivity index (χ1) is 12.9. The molecule has 1 fully saturated rings. The van der Waals surface area contributed by atoms with Crippen LogP contribution in [0.3, 0.4) is 0 Å². The van der Waals surface area contributed by atoms with Crippen LogP contribution in [0.5, 0.6) is 0 Å². The van der Waals surface area contributed by atoms with E-state index in [2.05, 4.69) is 4.90 Å². The number of hydrogen-bond acceptors (Lipinski definition) is 4. The van der Waals surface area contributed by atoms with Crippen LogP contribution in [0.1, 0.15) is 22.3 Å². The molecule has 0 N–H and O–H groups in total. The Labute approximate surface area is 159 Å². The van der Waals surface area contributed by atoms with E-state index in [1.807, 2.05) is 18.2 Å². The number of piperazine rings is 1. The predicted octanol–water partition coefficient (Wildman–Crippen LogP) is 2.71. The van der Waals surface area contributed by atoms with Gasteiger partial charge in [-0.1, -0.05) is 30.3 Å². The smallest absolute Gasteiger partial charge is 0.243 e. The zero-order valence-electron chi connectivity index (χ0n) is 15.3. The van der Waals surface area contributed by atoms with Crippen LogP contribution in [0.15, 0.2) is 53.4 Å². The summed E-state index contributed by atoms with van der Waals surface area (Å²) in [6.45, 7) is 4.07. The Morgan fingerprint density at radius 3 is 2.33 bits per heavy atom. The van der Waals surface area contributed by atoms with E-state index in [1.165, 1.54) is 22.5 Å². The zero-order valence-corrected chi connectivity index (χ0v) is 16.1. The third-order valence-electron chi connectivity index (χ3n) is 4.84. The lowest BCUT2D eigenvalue weighted by atomic mass is 10.1. The summed E-state index contributed by atoms with van der Waals surface area (Å²) < 4.78 is 40.3. The number of nitrogens with zero attached hydrogens (tertiary/aromatic N) is 2. The van der Waals surface area contributed by atoms with Crippen molar-refractivity contribution in [3.8, 4) is 0 Å². The lowest BCUT2D eigenvalue weighted by Crippen LogP contribution is -2.49. The fourth-order valence-electron chi connectivity index (χ4n) is 3.26. The van der Waals surface area contributed by atoms with E-state index >= 15 is 0 Å². The number of halogens is 1. The van der Waals surface area contributed by atoms with Crippen molar-refractivity contribution in [2.45, 2.75) is 18.2 Å². The van der Waals surface area contributed by atoms with Gasteiger partial charge in [-0.15, -0.1) is 0 Å². The molecule has 0 unspecified atom stereocenters. The molecule has 0 saturated carbocycles. The van der Waals surface area contributed by atoms with E-state index < -0.39 is 15.8 Å². The van der Waals surface area contributed by atoms with Crippen LogP contribution in [0.4, 0.5) is 4.39 Å². The summed E-state index contributed by atoms with van der Waals surface area (Å²) in [5, 5.41) is 0. The van der Waals surface area contributed by atoms with Gasteiger partial charge in [-0.05, 0) is 30.7 Å². The highest BCUT2D eigenvalue weighted by molar-refractivity contribution is 7.89. The average Bonchev–Trinajstić information content (AvgIpc) is 2.67. The second-order valence-electron chi connectivity index (χ2n) is 6.69. The van der Waals surface area contributed by atoms with Crippen LogP contribution in [-0.4, -0.2) is 56.1 Å². The van der Waals surface area contributed by atoms with Crippen molar-refractivity contribution in [1.29, 1.82) is 0 Å². The van der Waals surface area contributed by atoms with Crippen molar-refractivity contribution in [3.63, 3.8) is 0 Å². The van der Waals surface area contributed by atoms with Crippen molar-refractivity contribution >= 4 is 15.8 Å². The molecule has 3 rings (SSSR count). The largest absolute Gasteiger partial charge is 0.300 e. The summed E-state index contributed by atoms with van der Waals surface area (Å²) in [5.74, 6) is -0.355. The minimum atomic E-state index is -3.63. The number of carbonyl (C=O) groups is 1. The Bertz CT molecular complexity index is 908. The number of rotatable bonds is 6. The minimum Gasteiger partial charge on any atom is -0.300 e. The number of hydrogen-bond donors (Lipinski definition) is 0. The van der Waals surface area contributed by atoms with Crippen LogP contribution in [0, 0.1) is 12.7 Å². The van der Waals surface area contributed by atoms with Crippen LogP contribution in [0.2, 0.25) is 0 Å². The molecule has 1 saturated heterocycles. The molecule has 144 valence electrons. The van der Waals surface area contributed by atoms with Gasteiger partial charge in [-0.2, -0.15) is 4.31 Å². The van der Waals surface area contributed by atoms with Crippen molar-refractivity contribution in [2.75, 3.05) is 32.7 Å². The van der Waals surface area contributed by atoms with Crippen LogP contribution in [0.25, 0.3) is 0 Å².